The zero-order valence-corrected chi connectivity index (χ0v) is 9.80. The Morgan fingerprint density at radius 2 is 2.24 bits per heavy atom. The van der Waals surface area contributed by atoms with E-state index in [1.54, 1.807) is 12.5 Å². The molecule has 0 aliphatic heterocycles. The van der Waals surface area contributed by atoms with Gasteiger partial charge in [-0.25, -0.2) is 4.98 Å². The van der Waals surface area contributed by atoms with Crippen molar-refractivity contribution in [2.75, 3.05) is 0 Å². The number of hydrogen-bond acceptors (Lipinski definition) is 3. The number of carboxylic acids is 1. The largest absolute Gasteiger partial charge is 0.481 e. The van der Waals surface area contributed by atoms with Gasteiger partial charge in [0.2, 0.25) is 5.91 Å². The first kappa shape index (κ1) is 13.2. The van der Waals surface area contributed by atoms with E-state index in [4.69, 9.17) is 5.11 Å². The molecule has 17 heavy (non-hydrogen) atoms. The van der Waals surface area contributed by atoms with E-state index < -0.39 is 5.97 Å². The molecule has 0 saturated carbocycles. The lowest BCUT2D eigenvalue weighted by molar-refractivity contribution is -0.138. The van der Waals surface area contributed by atoms with Crippen LogP contribution in [0.25, 0.3) is 0 Å². The third-order valence-electron chi connectivity index (χ3n) is 2.41. The predicted octanol–water partition coefficient (Wildman–Crippen LogP) is 0.643. The van der Waals surface area contributed by atoms with E-state index in [1.165, 1.54) is 0 Å². The fraction of sp³-hybridized carbons (Fsp3) is 0.545. The molecular weight excluding hydrogens is 222 g/mol. The van der Waals surface area contributed by atoms with Crippen molar-refractivity contribution in [2.45, 2.75) is 38.8 Å². The van der Waals surface area contributed by atoms with Crippen LogP contribution in [0, 0.1) is 0 Å². The molecule has 0 radical (unpaired) electrons. The van der Waals surface area contributed by atoms with Crippen molar-refractivity contribution in [3.63, 3.8) is 0 Å². The number of aliphatic carboxylic acids is 1. The van der Waals surface area contributed by atoms with Crippen molar-refractivity contribution in [3.05, 3.63) is 18.7 Å². The average molecular weight is 239 g/mol. The third kappa shape index (κ3) is 5.14. The van der Waals surface area contributed by atoms with Gasteiger partial charge in [0.05, 0.1) is 12.7 Å². The molecule has 94 valence electrons. The Morgan fingerprint density at radius 3 is 2.76 bits per heavy atom. The Kier molecular flexibility index (Phi) is 5.19. The molecule has 1 atom stereocenters. The highest BCUT2D eigenvalue weighted by atomic mass is 16.4. The maximum Gasteiger partial charge on any atom is 0.303 e. The van der Waals surface area contributed by atoms with Gasteiger partial charge in [0, 0.05) is 31.4 Å². The first-order valence-corrected chi connectivity index (χ1v) is 5.58. The smallest absolute Gasteiger partial charge is 0.303 e. The highest BCUT2D eigenvalue weighted by Crippen LogP contribution is 1.99. The second-order valence-corrected chi connectivity index (χ2v) is 3.83. The summed E-state index contributed by atoms with van der Waals surface area (Å²) in [6.07, 6.45) is 5.87. The zero-order valence-electron chi connectivity index (χ0n) is 9.80. The van der Waals surface area contributed by atoms with Crippen LogP contribution in [0.1, 0.15) is 26.2 Å². The fourth-order valence-corrected chi connectivity index (χ4v) is 1.45. The van der Waals surface area contributed by atoms with Crippen molar-refractivity contribution in [1.82, 2.24) is 14.9 Å². The van der Waals surface area contributed by atoms with Gasteiger partial charge < -0.3 is 15.0 Å². The summed E-state index contributed by atoms with van der Waals surface area (Å²) in [5.41, 5.74) is 0. The van der Waals surface area contributed by atoms with Crippen molar-refractivity contribution >= 4 is 11.9 Å². The SMILES string of the molecule is CCC(Cn1ccnc1)NC(=O)CCC(=O)O. The number of nitrogens with one attached hydrogen (secondary N) is 1. The number of carbonyl (C=O) groups is 2. The molecule has 1 aromatic rings. The summed E-state index contributed by atoms with van der Waals surface area (Å²) in [6, 6.07) is 0.00509. The minimum atomic E-state index is -0.956. The number of aromatic nitrogens is 2. The number of nitrogens with zero attached hydrogens (tertiary/aromatic N) is 2. The zero-order chi connectivity index (χ0) is 12.7. The van der Waals surface area contributed by atoms with Crippen molar-refractivity contribution < 1.29 is 14.7 Å². The molecule has 0 aliphatic rings. The van der Waals surface area contributed by atoms with Gasteiger partial charge in [0.1, 0.15) is 0 Å². The molecule has 6 nitrogen and oxygen atoms in total. The van der Waals surface area contributed by atoms with Gasteiger partial charge >= 0.3 is 5.97 Å². The van der Waals surface area contributed by atoms with Crippen molar-refractivity contribution in [3.8, 4) is 0 Å². The van der Waals surface area contributed by atoms with Gasteiger partial charge in [0.25, 0.3) is 0 Å². The Morgan fingerprint density at radius 1 is 1.47 bits per heavy atom. The van der Waals surface area contributed by atoms with Gasteiger partial charge in [-0.2, -0.15) is 0 Å². The van der Waals surface area contributed by atoms with Crippen molar-refractivity contribution in [1.29, 1.82) is 0 Å². The lowest BCUT2D eigenvalue weighted by Crippen LogP contribution is -2.37. The van der Waals surface area contributed by atoms with Crippen LogP contribution in [-0.4, -0.2) is 32.6 Å². The molecule has 2 N–H and O–H groups in total. The highest BCUT2D eigenvalue weighted by molar-refractivity contribution is 5.80. The first-order chi connectivity index (χ1) is 8.11. The summed E-state index contributed by atoms with van der Waals surface area (Å²) in [5, 5.41) is 11.3. The molecule has 0 fully saturated rings. The normalized spacial score (nSPS) is 12.1. The fourth-order valence-electron chi connectivity index (χ4n) is 1.45. The first-order valence-electron chi connectivity index (χ1n) is 5.58. The number of rotatable bonds is 7. The van der Waals surface area contributed by atoms with Gasteiger partial charge in [-0.1, -0.05) is 6.92 Å². The van der Waals surface area contributed by atoms with Crippen LogP contribution in [0.5, 0.6) is 0 Å². The van der Waals surface area contributed by atoms with Crippen LogP contribution in [0.15, 0.2) is 18.7 Å². The van der Waals surface area contributed by atoms with Crippen LogP contribution >= 0.6 is 0 Å². The average Bonchev–Trinajstić information content (AvgIpc) is 2.78. The minimum Gasteiger partial charge on any atom is -0.481 e. The number of imidazole rings is 1. The molecule has 0 aliphatic carbocycles. The van der Waals surface area contributed by atoms with Gasteiger partial charge in [-0.15, -0.1) is 0 Å². The minimum absolute atomic E-state index is 0.00509. The number of hydrogen-bond donors (Lipinski definition) is 2. The molecule has 1 aromatic heterocycles. The monoisotopic (exact) mass is 239 g/mol. The maximum absolute atomic E-state index is 11.4. The summed E-state index contributed by atoms with van der Waals surface area (Å²) in [7, 11) is 0. The maximum atomic E-state index is 11.4. The molecule has 1 unspecified atom stereocenters. The van der Waals surface area contributed by atoms with Crippen LogP contribution in [0.3, 0.4) is 0 Å². The molecule has 1 heterocycles. The second-order valence-electron chi connectivity index (χ2n) is 3.83. The third-order valence-corrected chi connectivity index (χ3v) is 2.41. The van der Waals surface area contributed by atoms with E-state index in [0.29, 0.717) is 6.54 Å². The highest BCUT2D eigenvalue weighted by Gasteiger charge is 2.11. The molecule has 1 rings (SSSR count). The number of carbonyl (C=O) groups excluding carboxylic acids is 1. The van der Waals surface area contributed by atoms with E-state index in [1.807, 2.05) is 17.7 Å². The van der Waals surface area contributed by atoms with Crippen molar-refractivity contribution in [2.24, 2.45) is 0 Å². The van der Waals surface area contributed by atoms with Gasteiger partial charge in [0.15, 0.2) is 0 Å². The summed E-state index contributed by atoms with van der Waals surface area (Å²) in [5.74, 6) is -1.18. The van der Waals surface area contributed by atoms with E-state index in [2.05, 4.69) is 10.3 Å². The Hall–Kier alpha value is -1.85. The molecule has 0 aromatic carbocycles. The van der Waals surface area contributed by atoms with Gasteiger partial charge in [-0.3, -0.25) is 9.59 Å². The number of carboxylic acid groups (broad SMARTS) is 1. The topological polar surface area (TPSA) is 84.2 Å². The van der Waals surface area contributed by atoms with E-state index in [9.17, 15) is 9.59 Å². The van der Waals surface area contributed by atoms with Crippen LogP contribution in [0.4, 0.5) is 0 Å². The molecule has 0 bridgehead atoms. The second kappa shape index (κ2) is 6.67. The summed E-state index contributed by atoms with van der Waals surface area (Å²) >= 11 is 0. The summed E-state index contributed by atoms with van der Waals surface area (Å²) in [4.78, 5) is 25.7. The van der Waals surface area contributed by atoms with E-state index >= 15 is 0 Å². The lowest BCUT2D eigenvalue weighted by atomic mass is 10.2. The predicted molar refractivity (Wildman–Crippen MR) is 61.3 cm³/mol. The van der Waals surface area contributed by atoms with Crippen LogP contribution in [-0.2, 0) is 16.1 Å². The molecule has 0 spiro atoms. The summed E-state index contributed by atoms with van der Waals surface area (Å²) in [6.45, 7) is 2.62. The summed E-state index contributed by atoms with van der Waals surface area (Å²) < 4.78 is 1.88. The van der Waals surface area contributed by atoms with E-state index in [-0.39, 0.29) is 24.8 Å². The Balaban J connectivity index is 2.36. The lowest BCUT2D eigenvalue weighted by Gasteiger charge is -2.17. The Labute approximate surface area is 99.7 Å². The number of amides is 1. The quantitative estimate of drug-likeness (QED) is 0.731. The van der Waals surface area contributed by atoms with Crippen LogP contribution < -0.4 is 5.32 Å². The Bertz CT molecular complexity index is 362. The molecule has 1 amide bonds. The standard InChI is InChI=1S/C11H17N3O3/c1-2-9(7-14-6-5-12-8-14)13-10(15)3-4-11(16)17/h5-6,8-9H,2-4,7H2,1H3,(H,13,15)(H,16,17). The van der Waals surface area contributed by atoms with Gasteiger partial charge in [-0.05, 0) is 6.42 Å². The molecule has 6 heteroatoms. The molecular formula is C11H17N3O3. The molecule has 0 saturated heterocycles. The van der Waals surface area contributed by atoms with E-state index in [0.717, 1.165) is 6.42 Å². The van der Waals surface area contributed by atoms with Crippen LogP contribution in [0.2, 0.25) is 0 Å².